The fourth-order valence-electron chi connectivity index (χ4n) is 2.89. The molecule has 0 aromatic heterocycles. The lowest BCUT2D eigenvalue weighted by molar-refractivity contribution is -0.171. The molecule has 98 valence electrons. The molecule has 2 unspecified atom stereocenters. The quantitative estimate of drug-likeness (QED) is 0.756. The van der Waals surface area contributed by atoms with Crippen molar-refractivity contribution in [2.24, 2.45) is 5.41 Å². The van der Waals surface area contributed by atoms with Crippen LogP contribution in [0, 0.1) is 5.41 Å². The van der Waals surface area contributed by atoms with Crippen molar-refractivity contribution in [1.29, 1.82) is 0 Å². The zero-order valence-electron chi connectivity index (χ0n) is 10.2. The summed E-state index contributed by atoms with van der Waals surface area (Å²) in [5.74, 6) is 1.32. The van der Waals surface area contributed by atoms with Crippen molar-refractivity contribution in [3.8, 4) is 0 Å². The van der Waals surface area contributed by atoms with Gasteiger partial charge in [-0.05, 0) is 25.0 Å². The number of esters is 1. The standard InChI is InChI=1S/C12H20O4S/c1-15-10(13)11(5-8-17-9-11)12(14)3-2-6-16-7-4-12/h14H,2-9H2,1H3. The second kappa shape index (κ2) is 5.16. The van der Waals surface area contributed by atoms with Crippen molar-refractivity contribution < 1.29 is 19.4 Å². The van der Waals surface area contributed by atoms with Crippen LogP contribution in [0.15, 0.2) is 0 Å². The number of ether oxygens (including phenoxy) is 2. The van der Waals surface area contributed by atoms with Crippen LogP contribution in [-0.2, 0) is 14.3 Å². The van der Waals surface area contributed by atoms with Gasteiger partial charge in [-0.2, -0.15) is 11.8 Å². The van der Waals surface area contributed by atoms with Gasteiger partial charge in [-0.3, -0.25) is 4.79 Å². The molecule has 2 atom stereocenters. The first-order chi connectivity index (χ1) is 8.15. The van der Waals surface area contributed by atoms with Gasteiger partial charge in [-0.15, -0.1) is 0 Å². The molecular weight excluding hydrogens is 240 g/mol. The van der Waals surface area contributed by atoms with E-state index in [0.29, 0.717) is 38.2 Å². The highest BCUT2D eigenvalue weighted by Gasteiger charge is 2.57. The van der Waals surface area contributed by atoms with E-state index in [1.165, 1.54) is 7.11 Å². The van der Waals surface area contributed by atoms with Crippen molar-refractivity contribution in [3.05, 3.63) is 0 Å². The third kappa shape index (κ3) is 2.20. The summed E-state index contributed by atoms with van der Waals surface area (Å²) < 4.78 is 10.3. The van der Waals surface area contributed by atoms with E-state index in [1.807, 2.05) is 0 Å². The SMILES string of the molecule is COC(=O)C1(C2(O)CCCOCC2)CCSC1. The second-order valence-electron chi connectivity index (χ2n) is 4.87. The number of methoxy groups -OCH3 is 1. The van der Waals surface area contributed by atoms with E-state index in [2.05, 4.69) is 0 Å². The van der Waals surface area contributed by atoms with Crippen molar-refractivity contribution in [2.75, 3.05) is 31.8 Å². The Morgan fingerprint density at radius 2 is 2.18 bits per heavy atom. The average molecular weight is 260 g/mol. The van der Waals surface area contributed by atoms with Gasteiger partial charge in [0.05, 0.1) is 12.7 Å². The fraction of sp³-hybridized carbons (Fsp3) is 0.917. The molecular formula is C12H20O4S. The molecule has 2 aliphatic rings. The number of thioether (sulfide) groups is 1. The molecule has 17 heavy (non-hydrogen) atoms. The van der Waals surface area contributed by atoms with Crippen LogP contribution in [0.25, 0.3) is 0 Å². The van der Waals surface area contributed by atoms with Crippen LogP contribution in [0.3, 0.4) is 0 Å². The highest BCUT2D eigenvalue weighted by Crippen LogP contribution is 2.49. The lowest BCUT2D eigenvalue weighted by Crippen LogP contribution is -2.54. The van der Waals surface area contributed by atoms with Crippen LogP contribution in [0.4, 0.5) is 0 Å². The van der Waals surface area contributed by atoms with Gasteiger partial charge in [-0.1, -0.05) is 0 Å². The van der Waals surface area contributed by atoms with Gasteiger partial charge in [0.15, 0.2) is 0 Å². The van der Waals surface area contributed by atoms with Crippen LogP contribution < -0.4 is 0 Å². The normalized spacial score (nSPS) is 38.7. The minimum atomic E-state index is -0.958. The third-order valence-corrected chi connectivity index (χ3v) is 5.22. The average Bonchev–Trinajstić information content (AvgIpc) is 2.74. The zero-order chi connectivity index (χ0) is 12.4. The second-order valence-corrected chi connectivity index (χ2v) is 5.98. The van der Waals surface area contributed by atoms with Gasteiger partial charge in [-0.25, -0.2) is 0 Å². The maximum atomic E-state index is 12.1. The first-order valence-corrected chi connectivity index (χ1v) is 7.26. The lowest BCUT2D eigenvalue weighted by atomic mass is 9.67. The fourth-order valence-corrected chi connectivity index (χ4v) is 4.41. The molecule has 2 heterocycles. The minimum absolute atomic E-state index is 0.257. The Balaban J connectivity index is 2.27. The zero-order valence-corrected chi connectivity index (χ0v) is 11.1. The van der Waals surface area contributed by atoms with Crippen molar-refractivity contribution in [3.63, 3.8) is 0 Å². The predicted molar refractivity (Wildman–Crippen MR) is 66.0 cm³/mol. The number of carbonyl (C=O) groups excluding carboxylic acids is 1. The third-order valence-electron chi connectivity index (χ3n) is 4.03. The van der Waals surface area contributed by atoms with E-state index in [-0.39, 0.29) is 5.97 Å². The molecule has 2 aliphatic heterocycles. The van der Waals surface area contributed by atoms with Crippen LogP contribution in [-0.4, -0.2) is 48.5 Å². The molecule has 1 N–H and O–H groups in total. The highest BCUT2D eigenvalue weighted by molar-refractivity contribution is 7.99. The Labute approximate surface area is 106 Å². The molecule has 0 saturated carbocycles. The number of rotatable bonds is 2. The lowest BCUT2D eigenvalue weighted by Gasteiger charge is -2.41. The number of hydrogen-bond donors (Lipinski definition) is 1. The van der Waals surface area contributed by atoms with Gasteiger partial charge in [0.2, 0.25) is 0 Å². The number of hydrogen-bond acceptors (Lipinski definition) is 5. The first kappa shape index (κ1) is 13.2. The van der Waals surface area contributed by atoms with Crippen molar-refractivity contribution in [2.45, 2.75) is 31.3 Å². The minimum Gasteiger partial charge on any atom is -0.468 e. The predicted octanol–water partition coefficient (Wildman–Crippen LogP) is 1.21. The van der Waals surface area contributed by atoms with E-state index in [4.69, 9.17) is 9.47 Å². The molecule has 0 bridgehead atoms. The van der Waals surface area contributed by atoms with Crippen LogP contribution in [0.5, 0.6) is 0 Å². The Kier molecular flexibility index (Phi) is 4.00. The molecule has 0 aromatic rings. The van der Waals surface area contributed by atoms with E-state index < -0.39 is 11.0 Å². The van der Waals surface area contributed by atoms with E-state index in [9.17, 15) is 9.90 Å². The molecule has 2 saturated heterocycles. The van der Waals surface area contributed by atoms with Crippen LogP contribution in [0.2, 0.25) is 0 Å². The summed E-state index contributed by atoms with van der Waals surface area (Å²) in [6.45, 7) is 1.20. The molecule has 2 fully saturated rings. The van der Waals surface area contributed by atoms with E-state index in [0.717, 1.165) is 12.2 Å². The largest absolute Gasteiger partial charge is 0.468 e. The van der Waals surface area contributed by atoms with Crippen molar-refractivity contribution >= 4 is 17.7 Å². The van der Waals surface area contributed by atoms with Gasteiger partial charge in [0.1, 0.15) is 5.41 Å². The maximum absolute atomic E-state index is 12.1. The Morgan fingerprint density at radius 1 is 1.35 bits per heavy atom. The van der Waals surface area contributed by atoms with Gasteiger partial charge in [0.25, 0.3) is 0 Å². The molecule has 4 nitrogen and oxygen atoms in total. The summed E-state index contributed by atoms with van der Waals surface area (Å²) in [6.07, 6.45) is 2.67. The molecule has 0 amide bonds. The van der Waals surface area contributed by atoms with Gasteiger partial charge in [0, 0.05) is 25.4 Å². The number of carbonyl (C=O) groups is 1. The van der Waals surface area contributed by atoms with Crippen LogP contribution in [0.1, 0.15) is 25.7 Å². The van der Waals surface area contributed by atoms with Crippen LogP contribution >= 0.6 is 11.8 Å². The summed E-state index contributed by atoms with van der Waals surface area (Å²) >= 11 is 1.72. The van der Waals surface area contributed by atoms with E-state index in [1.54, 1.807) is 11.8 Å². The molecule has 2 rings (SSSR count). The molecule has 0 aromatic carbocycles. The highest BCUT2D eigenvalue weighted by atomic mass is 32.2. The Hall–Kier alpha value is -0.260. The monoisotopic (exact) mass is 260 g/mol. The number of aliphatic hydroxyl groups is 1. The summed E-state index contributed by atoms with van der Waals surface area (Å²) in [6, 6.07) is 0. The Bertz CT molecular complexity index is 278. The molecule has 0 aliphatic carbocycles. The summed E-state index contributed by atoms with van der Waals surface area (Å²) in [7, 11) is 1.41. The first-order valence-electron chi connectivity index (χ1n) is 6.11. The molecule has 5 heteroatoms. The van der Waals surface area contributed by atoms with Gasteiger partial charge < -0.3 is 14.6 Å². The summed E-state index contributed by atoms with van der Waals surface area (Å²) in [4.78, 5) is 12.1. The summed E-state index contributed by atoms with van der Waals surface area (Å²) in [5.41, 5.74) is -1.68. The molecule has 0 spiro atoms. The Morgan fingerprint density at radius 3 is 2.82 bits per heavy atom. The maximum Gasteiger partial charge on any atom is 0.315 e. The van der Waals surface area contributed by atoms with Crippen molar-refractivity contribution in [1.82, 2.24) is 0 Å². The smallest absolute Gasteiger partial charge is 0.315 e. The topological polar surface area (TPSA) is 55.8 Å². The molecule has 0 radical (unpaired) electrons. The van der Waals surface area contributed by atoms with Gasteiger partial charge >= 0.3 is 5.97 Å². The summed E-state index contributed by atoms with van der Waals surface area (Å²) in [5, 5.41) is 10.9. The van der Waals surface area contributed by atoms with E-state index >= 15 is 0 Å².